The van der Waals surface area contributed by atoms with Crippen molar-refractivity contribution < 1.29 is 19.4 Å². The van der Waals surface area contributed by atoms with E-state index in [0.717, 1.165) is 11.5 Å². The highest BCUT2D eigenvalue weighted by atomic mass is 35.5. The van der Waals surface area contributed by atoms with Crippen molar-refractivity contribution in [1.82, 2.24) is 10.3 Å². The van der Waals surface area contributed by atoms with Crippen LogP contribution in [0.5, 0.6) is 5.75 Å². The Balaban J connectivity index is 1.62. The Morgan fingerprint density at radius 1 is 1.03 bits per heavy atom. The van der Waals surface area contributed by atoms with Crippen LogP contribution in [0.1, 0.15) is 21.6 Å². The molecule has 1 aromatic heterocycles. The maximum absolute atomic E-state index is 12.5. The second kappa shape index (κ2) is 10.8. The lowest BCUT2D eigenvalue weighted by molar-refractivity contribution is -0.139. The molecule has 0 bridgehead atoms. The molecule has 0 aliphatic rings. The molecule has 32 heavy (non-hydrogen) atoms. The molecule has 0 saturated heterocycles. The molecule has 1 atom stereocenters. The van der Waals surface area contributed by atoms with Gasteiger partial charge in [-0.25, -0.2) is 9.78 Å². The maximum Gasteiger partial charge on any atom is 0.326 e. The van der Waals surface area contributed by atoms with Gasteiger partial charge in [0, 0.05) is 13.5 Å². The number of rotatable bonds is 9. The van der Waals surface area contributed by atoms with Crippen molar-refractivity contribution in [3.05, 3.63) is 87.5 Å². The first kappa shape index (κ1) is 23.4. The van der Waals surface area contributed by atoms with Crippen molar-refractivity contribution in [2.24, 2.45) is 0 Å². The third-order valence-corrected chi connectivity index (χ3v) is 5.24. The fraction of sp³-hybridized carbons (Fsp3) is 0.174. The van der Waals surface area contributed by atoms with Gasteiger partial charge in [-0.1, -0.05) is 47.5 Å². The number of amides is 1. The summed E-state index contributed by atoms with van der Waals surface area (Å²) in [6, 6.07) is 16.1. The van der Waals surface area contributed by atoms with Crippen LogP contribution in [0.2, 0.25) is 10.0 Å². The smallest absolute Gasteiger partial charge is 0.326 e. The first-order valence-electron chi connectivity index (χ1n) is 9.70. The lowest BCUT2D eigenvalue weighted by atomic mass is 10.1. The van der Waals surface area contributed by atoms with Crippen molar-refractivity contribution in [2.75, 3.05) is 12.4 Å². The van der Waals surface area contributed by atoms with Crippen LogP contribution in [0.4, 0.5) is 5.82 Å². The minimum Gasteiger partial charge on any atom is -0.487 e. The third-order valence-electron chi connectivity index (χ3n) is 4.61. The Morgan fingerprint density at radius 2 is 1.69 bits per heavy atom. The predicted octanol–water partition coefficient (Wildman–Crippen LogP) is 4.43. The van der Waals surface area contributed by atoms with Gasteiger partial charge in [0.05, 0.1) is 21.3 Å². The number of halogens is 2. The number of carboxylic acid groups (broad SMARTS) is 1. The van der Waals surface area contributed by atoms with Gasteiger partial charge in [0.25, 0.3) is 5.91 Å². The summed E-state index contributed by atoms with van der Waals surface area (Å²) in [5, 5.41) is 15.3. The number of ether oxygens (including phenoxy) is 1. The van der Waals surface area contributed by atoms with Gasteiger partial charge < -0.3 is 20.5 Å². The van der Waals surface area contributed by atoms with E-state index in [1.807, 2.05) is 18.2 Å². The summed E-state index contributed by atoms with van der Waals surface area (Å²) in [6.45, 7) is 0.293. The maximum atomic E-state index is 12.5. The van der Waals surface area contributed by atoms with E-state index in [9.17, 15) is 14.7 Å². The second-order valence-corrected chi connectivity index (χ2v) is 7.68. The topological polar surface area (TPSA) is 101 Å². The summed E-state index contributed by atoms with van der Waals surface area (Å²) >= 11 is 12.1. The highest BCUT2D eigenvalue weighted by Crippen LogP contribution is 2.24. The molecule has 3 aromatic rings. The van der Waals surface area contributed by atoms with Crippen LogP contribution in [0.3, 0.4) is 0 Å². The molecule has 0 spiro atoms. The highest BCUT2D eigenvalue weighted by molar-refractivity contribution is 6.39. The average Bonchev–Trinajstić information content (AvgIpc) is 2.78. The number of pyridine rings is 1. The van der Waals surface area contributed by atoms with Crippen LogP contribution in [0, 0.1) is 0 Å². The predicted molar refractivity (Wildman–Crippen MR) is 124 cm³/mol. The molecule has 1 heterocycles. The molecule has 0 unspecified atom stereocenters. The molecule has 0 aliphatic heterocycles. The Kier molecular flexibility index (Phi) is 7.92. The van der Waals surface area contributed by atoms with E-state index >= 15 is 0 Å². The monoisotopic (exact) mass is 473 g/mol. The van der Waals surface area contributed by atoms with Crippen LogP contribution in [-0.4, -0.2) is 35.1 Å². The van der Waals surface area contributed by atoms with Gasteiger partial charge in [-0.05, 0) is 42.0 Å². The fourth-order valence-corrected chi connectivity index (χ4v) is 3.53. The first-order chi connectivity index (χ1) is 15.4. The standard InChI is InChI=1S/C23H21Cl2N3O4/c1-26-20-7-2-4-15(27-20)13-32-16-10-8-14(9-11-16)12-19(23(30)31)28-22(29)21-17(24)5-3-6-18(21)25/h2-11,19H,12-13H2,1H3,(H,26,27)(H,28,29)(H,30,31)/t19-/m0/s1. The molecule has 1 amide bonds. The summed E-state index contributed by atoms with van der Waals surface area (Å²) in [5.74, 6) is -0.452. The number of carboxylic acids is 1. The summed E-state index contributed by atoms with van der Waals surface area (Å²) in [5.41, 5.74) is 1.53. The molecule has 3 N–H and O–H groups in total. The van der Waals surface area contributed by atoms with Crippen molar-refractivity contribution >= 4 is 40.9 Å². The zero-order valence-corrected chi connectivity index (χ0v) is 18.7. The highest BCUT2D eigenvalue weighted by Gasteiger charge is 2.23. The SMILES string of the molecule is CNc1cccc(COc2ccc(C[C@H](NC(=O)c3c(Cl)cccc3Cl)C(=O)O)cc2)n1. The molecule has 7 nitrogen and oxygen atoms in total. The number of hydrogen-bond donors (Lipinski definition) is 3. The van der Waals surface area contributed by atoms with Crippen molar-refractivity contribution in [2.45, 2.75) is 19.1 Å². The molecular formula is C23H21Cl2N3O4. The Bertz CT molecular complexity index is 1090. The van der Waals surface area contributed by atoms with Gasteiger partial charge in [-0.3, -0.25) is 4.79 Å². The average molecular weight is 474 g/mol. The molecule has 3 rings (SSSR count). The summed E-state index contributed by atoms with van der Waals surface area (Å²) < 4.78 is 5.74. The van der Waals surface area contributed by atoms with E-state index in [1.165, 1.54) is 12.1 Å². The number of carbonyl (C=O) groups excluding carboxylic acids is 1. The Hall–Kier alpha value is -3.29. The summed E-state index contributed by atoms with van der Waals surface area (Å²) in [7, 11) is 1.79. The third kappa shape index (κ3) is 6.12. The van der Waals surface area contributed by atoms with Crippen LogP contribution < -0.4 is 15.4 Å². The van der Waals surface area contributed by atoms with Gasteiger partial charge in [0.15, 0.2) is 0 Å². The minimum atomic E-state index is -1.17. The van der Waals surface area contributed by atoms with Crippen LogP contribution in [0.25, 0.3) is 0 Å². The molecule has 166 valence electrons. The molecule has 2 aromatic carbocycles. The summed E-state index contributed by atoms with van der Waals surface area (Å²) in [4.78, 5) is 28.6. The number of nitrogens with zero attached hydrogens (tertiary/aromatic N) is 1. The normalized spacial score (nSPS) is 11.5. The number of anilines is 1. The zero-order chi connectivity index (χ0) is 23.1. The largest absolute Gasteiger partial charge is 0.487 e. The molecule has 0 aliphatic carbocycles. The lowest BCUT2D eigenvalue weighted by Gasteiger charge is -2.16. The quantitative estimate of drug-likeness (QED) is 0.424. The van der Waals surface area contributed by atoms with E-state index in [2.05, 4.69) is 15.6 Å². The van der Waals surface area contributed by atoms with E-state index in [-0.39, 0.29) is 22.0 Å². The number of aliphatic carboxylic acids is 1. The number of nitrogens with one attached hydrogen (secondary N) is 2. The Morgan fingerprint density at radius 3 is 2.31 bits per heavy atom. The van der Waals surface area contributed by atoms with E-state index in [0.29, 0.717) is 17.9 Å². The number of aromatic nitrogens is 1. The second-order valence-electron chi connectivity index (χ2n) is 6.86. The molecule has 9 heteroatoms. The van der Waals surface area contributed by atoms with Crippen LogP contribution in [0.15, 0.2) is 60.7 Å². The van der Waals surface area contributed by atoms with E-state index in [4.69, 9.17) is 27.9 Å². The van der Waals surface area contributed by atoms with Crippen LogP contribution in [-0.2, 0) is 17.8 Å². The first-order valence-corrected chi connectivity index (χ1v) is 10.5. The lowest BCUT2D eigenvalue weighted by Crippen LogP contribution is -2.42. The minimum absolute atomic E-state index is 0.0433. The van der Waals surface area contributed by atoms with Gasteiger partial charge in [0.2, 0.25) is 0 Å². The van der Waals surface area contributed by atoms with Gasteiger partial charge in [-0.15, -0.1) is 0 Å². The number of hydrogen-bond acceptors (Lipinski definition) is 5. The molecule has 0 fully saturated rings. The van der Waals surface area contributed by atoms with E-state index in [1.54, 1.807) is 37.4 Å². The fourth-order valence-electron chi connectivity index (χ4n) is 2.96. The summed E-state index contributed by atoms with van der Waals surface area (Å²) in [6.07, 6.45) is 0.0786. The zero-order valence-electron chi connectivity index (χ0n) is 17.1. The molecular weight excluding hydrogens is 453 g/mol. The van der Waals surface area contributed by atoms with Crippen LogP contribution >= 0.6 is 23.2 Å². The van der Waals surface area contributed by atoms with Crippen molar-refractivity contribution in [3.63, 3.8) is 0 Å². The molecule has 0 saturated carbocycles. The number of carbonyl (C=O) groups is 2. The van der Waals surface area contributed by atoms with E-state index < -0.39 is 17.9 Å². The van der Waals surface area contributed by atoms with Gasteiger partial charge in [0.1, 0.15) is 24.2 Å². The van der Waals surface area contributed by atoms with Crippen molar-refractivity contribution in [1.29, 1.82) is 0 Å². The number of benzene rings is 2. The van der Waals surface area contributed by atoms with Gasteiger partial charge in [-0.2, -0.15) is 0 Å². The molecule has 0 radical (unpaired) electrons. The van der Waals surface area contributed by atoms with Crippen molar-refractivity contribution in [3.8, 4) is 5.75 Å². The Labute approximate surface area is 195 Å². The van der Waals surface area contributed by atoms with Gasteiger partial charge >= 0.3 is 5.97 Å².